The molecule has 0 radical (unpaired) electrons. The zero-order valence-corrected chi connectivity index (χ0v) is 15.3. The monoisotopic (exact) mass is 420 g/mol. The summed E-state index contributed by atoms with van der Waals surface area (Å²) in [6.07, 6.45) is 0.0813. The van der Waals surface area contributed by atoms with Crippen LogP contribution in [0.15, 0.2) is 52.0 Å². The van der Waals surface area contributed by atoms with E-state index in [0.717, 1.165) is 11.8 Å². The maximum atomic E-state index is 12.4. The highest BCUT2D eigenvalue weighted by Crippen LogP contribution is 2.34. The number of nitrogens with one attached hydrogen (secondary N) is 1. The zero-order valence-electron chi connectivity index (χ0n) is 14.4. The summed E-state index contributed by atoms with van der Waals surface area (Å²) in [6.45, 7) is -1.39. The summed E-state index contributed by atoms with van der Waals surface area (Å²) in [6, 6.07) is 7.79. The molecule has 6 nitrogen and oxygen atoms in total. The van der Waals surface area contributed by atoms with Crippen LogP contribution in [0.2, 0.25) is 0 Å². The molecule has 2 amide bonds. The van der Waals surface area contributed by atoms with Gasteiger partial charge in [-0.25, -0.2) is 0 Å². The summed E-state index contributed by atoms with van der Waals surface area (Å²) in [7, 11) is 0. The molecule has 0 bridgehead atoms. The van der Waals surface area contributed by atoms with E-state index in [1.165, 1.54) is 24.4 Å². The van der Waals surface area contributed by atoms with Crippen molar-refractivity contribution in [2.45, 2.75) is 6.18 Å². The maximum Gasteiger partial charge on any atom is 0.422 e. The van der Waals surface area contributed by atoms with Gasteiger partial charge in [0.15, 0.2) is 6.61 Å². The number of fused-ring (bicyclic) bond motifs is 1. The highest BCUT2D eigenvalue weighted by atomic mass is 32.2. The first kappa shape index (κ1) is 19.1. The van der Waals surface area contributed by atoms with Gasteiger partial charge in [0.25, 0.3) is 11.1 Å². The van der Waals surface area contributed by atoms with E-state index >= 15 is 0 Å². The minimum atomic E-state index is -4.44. The lowest BCUT2D eigenvalue weighted by Crippen LogP contribution is -2.19. The van der Waals surface area contributed by atoms with Crippen LogP contribution in [-0.4, -0.2) is 28.9 Å². The number of amides is 2. The molecule has 3 heterocycles. The first-order valence-corrected chi connectivity index (χ1v) is 9.02. The molecule has 1 aliphatic rings. The number of thioether (sulfide) groups is 1. The van der Waals surface area contributed by atoms with Crippen molar-refractivity contribution >= 4 is 40.0 Å². The Hall–Kier alpha value is -3.27. The van der Waals surface area contributed by atoms with E-state index in [1.54, 1.807) is 24.4 Å². The van der Waals surface area contributed by atoms with Crippen molar-refractivity contribution in [2.24, 2.45) is 0 Å². The van der Waals surface area contributed by atoms with E-state index in [9.17, 15) is 22.8 Å². The van der Waals surface area contributed by atoms with Crippen LogP contribution in [0.4, 0.5) is 18.0 Å². The van der Waals surface area contributed by atoms with Gasteiger partial charge >= 0.3 is 6.18 Å². The zero-order chi connectivity index (χ0) is 20.6. The number of imide groups is 1. The van der Waals surface area contributed by atoms with E-state index < -0.39 is 23.9 Å². The van der Waals surface area contributed by atoms with E-state index in [-0.39, 0.29) is 10.7 Å². The number of carbonyl (C=O) groups excluding carboxylic acids is 2. The molecule has 0 saturated carbocycles. The number of aromatic nitrogens is 1. The van der Waals surface area contributed by atoms with Gasteiger partial charge in [0.1, 0.15) is 17.1 Å². The molecular formula is C19H11F3N2O4S. The normalized spacial score (nSPS) is 15.9. The smallest absolute Gasteiger partial charge is 0.422 e. The maximum absolute atomic E-state index is 12.4. The third-order valence-corrected chi connectivity index (χ3v) is 4.72. The molecule has 2 aromatic heterocycles. The lowest BCUT2D eigenvalue weighted by Gasteiger charge is -2.10. The minimum Gasteiger partial charge on any atom is -0.484 e. The summed E-state index contributed by atoms with van der Waals surface area (Å²) < 4.78 is 47.8. The Morgan fingerprint density at radius 1 is 1.21 bits per heavy atom. The van der Waals surface area contributed by atoms with Crippen LogP contribution < -0.4 is 10.1 Å². The first-order chi connectivity index (χ1) is 13.8. The summed E-state index contributed by atoms with van der Waals surface area (Å²) >= 11 is 0.766. The average molecular weight is 420 g/mol. The first-order valence-electron chi connectivity index (χ1n) is 8.21. The standard InChI is InChI=1S/C19H11F3N2O4S/c20-19(21,22)9-27-12-3-1-2-10(4-12)14-8-23-7-11-5-13(28-16(11)14)6-15-17(25)24-18(26)29-15/h1-8H,9H2,(H,24,25,26)/b15-6+. The Balaban J connectivity index is 1.68. The molecule has 0 spiro atoms. The molecule has 10 heteroatoms. The third kappa shape index (κ3) is 4.27. The summed E-state index contributed by atoms with van der Waals surface area (Å²) in [5.41, 5.74) is 1.54. The predicted octanol–water partition coefficient (Wildman–Crippen LogP) is 4.76. The molecule has 1 aromatic carbocycles. The number of benzene rings is 1. The molecule has 1 saturated heterocycles. The van der Waals surface area contributed by atoms with Crippen molar-refractivity contribution in [3.05, 3.63) is 53.4 Å². The molecule has 0 aliphatic carbocycles. The van der Waals surface area contributed by atoms with Crippen molar-refractivity contribution in [1.82, 2.24) is 10.3 Å². The number of halogens is 3. The number of hydrogen-bond acceptors (Lipinski definition) is 6. The Morgan fingerprint density at radius 2 is 2.03 bits per heavy atom. The van der Waals surface area contributed by atoms with Crippen LogP contribution >= 0.6 is 11.8 Å². The number of nitrogens with zero attached hydrogens (tertiary/aromatic N) is 1. The molecule has 0 atom stereocenters. The van der Waals surface area contributed by atoms with Crippen LogP contribution in [0.5, 0.6) is 5.75 Å². The quantitative estimate of drug-likeness (QED) is 0.613. The lowest BCUT2D eigenvalue weighted by molar-refractivity contribution is -0.153. The Bertz CT molecular complexity index is 1150. The van der Waals surface area contributed by atoms with Crippen molar-refractivity contribution in [2.75, 3.05) is 6.61 Å². The Kier molecular flexibility index (Phi) is 4.79. The van der Waals surface area contributed by atoms with Crippen molar-refractivity contribution in [1.29, 1.82) is 0 Å². The Morgan fingerprint density at radius 3 is 2.76 bits per heavy atom. The van der Waals surface area contributed by atoms with Gasteiger partial charge in [0, 0.05) is 29.4 Å². The predicted molar refractivity (Wildman–Crippen MR) is 100 cm³/mol. The average Bonchev–Trinajstić information content (AvgIpc) is 3.21. The fourth-order valence-electron chi connectivity index (χ4n) is 2.73. The summed E-state index contributed by atoms with van der Waals surface area (Å²) in [5, 5.41) is 2.32. The second-order valence-corrected chi connectivity index (χ2v) is 7.05. The van der Waals surface area contributed by atoms with Gasteiger partial charge < -0.3 is 9.15 Å². The Labute approximate surface area is 165 Å². The molecule has 1 aliphatic heterocycles. The van der Waals surface area contributed by atoms with Crippen LogP contribution in [0.25, 0.3) is 28.2 Å². The van der Waals surface area contributed by atoms with Crippen molar-refractivity contribution in [3.63, 3.8) is 0 Å². The van der Waals surface area contributed by atoms with Gasteiger partial charge in [-0.1, -0.05) is 12.1 Å². The number of hydrogen-bond donors (Lipinski definition) is 1. The largest absolute Gasteiger partial charge is 0.484 e. The molecule has 1 fully saturated rings. The second kappa shape index (κ2) is 7.28. The van der Waals surface area contributed by atoms with E-state index in [2.05, 4.69) is 10.3 Å². The van der Waals surface area contributed by atoms with Crippen molar-refractivity contribution < 1.29 is 31.9 Å². The second-order valence-electron chi connectivity index (χ2n) is 6.04. The summed E-state index contributed by atoms with van der Waals surface area (Å²) in [5.74, 6) is -0.109. The fourth-order valence-corrected chi connectivity index (χ4v) is 3.39. The van der Waals surface area contributed by atoms with E-state index in [1.807, 2.05) is 0 Å². The highest BCUT2D eigenvalue weighted by Gasteiger charge is 2.28. The number of alkyl halides is 3. The van der Waals surface area contributed by atoms with Crippen LogP contribution in [0.3, 0.4) is 0 Å². The molecular weight excluding hydrogens is 409 g/mol. The lowest BCUT2D eigenvalue weighted by atomic mass is 10.1. The topological polar surface area (TPSA) is 81.4 Å². The van der Waals surface area contributed by atoms with Crippen LogP contribution in [0, 0.1) is 0 Å². The van der Waals surface area contributed by atoms with Crippen LogP contribution in [-0.2, 0) is 4.79 Å². The molecule has 29 heavy (non-hydrogen) atoms. The van der Waals surface area contributed by atoms with E-state index in [4.69, 9.17) is 9.15 Å². The van der Waals surface area contributed by atoms with Gasteiger partial charge in [0.2, 0.25) is 0 Å². The summed E-state index contributed by atoms with van der Waals surface area (Å²) in [4.78, 5) is 27.3. The number of carbonyl (C=O) groups is 2. The van der Waals surface area contributed by atoms with Gasteiger partial charge in [-0.15, -0.1) is 0 Å². The van der Waals surface area contributed by atoms with E-state index in [0.29, 0.717) is 27.9 Å². The van der Waals surface area contributed by atoms with Crippen molar-refractivity contribution in [3.8, 4) is 16.9 Å². The van der Waals surface area contributed by atoms with Gasteiger partial charge in [-0.3, -0.25) is 19.9 Å². The number of rotatable bonds is 4. The molecule has 148 valence electrons. The fraction of sp³-hybridized carbons (Fsp3) is 0.105. The number of pyridine rings is 1. The van der Waals surface area contributed by atoms with Gasteiger partial charge in [0.05, 0.1) is 4.91 Å². The highest BCUT2D eigenvalue weighted by molar-refractivity contribution is 8.18. The third-order valence-electron chi connectivity index (χ3n) is 3.90. The molecule has 0 unspecified atom stereocenters. The molecule has 4 rings (SSSR count). The number of furan rings is 1. The van der Waals surface area contributed by atoms with Gasteiger partial charge in [-0.2, -0.15) is 13.2 Å². The SMILES string of the molecule is O=C1NC(=O)/C(=C\c2cc3cncc(-c4cccc(OCC(F)(F)F)c4)c3o2)S1. The number of ether oxygens (including phenoxy) is 1. The van der Waals surface area contributed by atoms with Gasteiger partial charge in [-0.05, 0) is 35.5 Å². The minimum absolute atomic E-state index is 0.0586. The molecule has 1 N–H and O–H groups in total. The van der Waals surface area contributed by atoms with Crippen LogP contribution in [0.1, 0.15) is 5.76 Å². The molecule has 3 aromatic rings.